The second-order valence-electron chi connectivity index (χ2n) is 3.94. The number of nitrogen functional groups attached to an aromatic ring is 1. The SMILES string of the molecule is COc1ccc(N)c(NCc2cccc(F)c2)c1. The minimum absolute atomic E-state index is 0.243. The number of hydrogen-bond donors (Lipinski definition) is 2. The Labute approximate surface area is 105 Å². The van der Waals surface area contributed by atoms with Gasteiger partial charge in [0.05, 0.1) is 18.5 Å². The molecular formula is C14H15FN2O. The van der Waals surface area contributed by atoms with Crippen LogP contribution in [0.15, 0.2) is 42.5 Å². The van der Waals surface area contributed by atoms with E-state index >= 15 is 0 Å². The van der Waals surface area contributed by atoms with Crippen molar-refractivity contribution in [2.45, 2.75) is 6.54 Å². The summed E-state index contributed by atoms with van der Waals surface area (Å²) in [5.74, 6) is 0.485. The molecule has 0 atom stereocenters. The summed E-state index contributed by atoms with van der Waals surface area (Å²) < 4.78 is 18.1. The van der Waals surface area contributed by atoms with Crippen molar-refractivity contribution in [3.8, 4) is 5.75 Å². The molecule has 0 saturated carbocycles. The quantitative estimate of drug-likeness (QED) is 0.815. The number of ether oxygens (including phenoxy) is 1. The van der Waals surface area contributed by atoms with Crippen LogP contribution in [0, 0.1) is 5.82 Å². The van der Waals surface area contributed by atoms with Gasteiger partial charge in [0, 0.05) is 12.6 Å². The van der Waals surface area contributed by atoms with Gasteiger partial charge in [0.15, 0.2) is 0 Å². The van der Waals surface area contributed by atoms with Crippen molar-refractivity contribution >= 4 is 11.4 Å². The molecule has 2 rings (SSSR count). The monoisotopic (exact) mass is 246 g/mol. The van der Waals surface area contributed by atoms with Gasteiger partial charge in [0.1, 0.15) is 11.6 Å². The Morgan fingerprint density at radius 1 is 1.22 bits per heavy atom. The highest BCUT2D eigenvalue weighted by Gasteiger charge is 2.02. The van der Waals surface area contributed by atoms with E-state index in [9.17, 15) is 4.39 Å². The third kappa shape index (κ3) is 2.91. The zero-order valence-electron chi connectivity index (χ0n) is 10.1. The molecule has 2 aromatic carbocycles. The predicted molar refractivity (Wildman–Crippen MR) is 71.1 cm³/mol. The zero-order chi connectivity index (χ0) is 13.0. The molecule has 2 aromatic rings. The number of methoxy groups -OCH3 is 1. The van der Waals surface area contributed by atoms with E-state index in [0.717, 1.165) is 17.0 Å². The van der Waals surface area contributed by atoms with Gasteiger partial charge in [-0.1, -0.05) is 12.1 Å². The highest BCUT2D eigenvalue weighted by Crippen LogP contribution is 2.24. The highest BCUT2D eigenvalue weighted by atomic mass is 19.1. The van der Waals surface area contributed by atoms with Crippen LogP contribution in [0.3, 0.4) is 0 Å². The number of benzene rings is 2. The van der Waals surface area contributed by atoms with Crippen LogP contribution in [-0.2, 0) is 6.54 Å². The minimum atomic E-state index is -0.243. The van der Waals surface area contributed by atoms with Gasteiger partial charge < -0.3 is 15.8 Å². The van der Waals surface area contributed by atoms with Crippen molar-refractivity contribution in [1.82, 2.24) is 0 Å². The smallest absolute Gasteiger partial charge is 0.123 e. The van der Waals surface area contributed by atoms with E-state index in [0.29, 0.717) is 12.2 Å². The van der Waals surface area contributed by atoms with Crippen molar-refractivity contribution < 1.29 is 9.13 Å². The molecule has 18 heavy (non-hydrogen) atoms. The van der Waals surface area contributed by atoms with E-state index in [1.165, 1.54) is 12.1 Å². The fourth-order valence-corrected chi connectivity index (χ4v) is 1.66. The molecule has 0 aliphatic heterocycles. The van der Waals surface area contributed by atoms with E-state index in [1.54, 1.807) is 25.3 Å². The third-order valence-corrected chi connectivity index (χ3v) is 2.63. The van der Waals surface area contributed by atoms with E-state index in [4.69, 9.17) is 10.5 Å². The van der Waals surface area contributed by atoms with Crippen molar-refractivity contribution in [1.29, 1.82) is 0 Å². The van der Waals surface area contributed by atoms with Crippen LogP contribution in [0.1, 0.15) is 5.56 Å². The van der Waals surface area contributed by atoms with Gasteiger partial charge >= 0.3 is 0 Å². The maximum atomic E-state index is 13.0. The Hall–Kier alpha value is -2.23. The van der Waals surface area contributed by atoms with Crippen molar-refractivity contribution in [3.05, 3.63) is 53.8 Å². The molecule has 0 saturated heterocycles. The van der Waals surface area contributed by atoms with Crippen molar-refractivity contribution in [2.75, 3.05) is 18.2 Å². The molecule has 0 heterocycles. The second kappa shape index (κ2) is 5.40. The Morgan fingerprint density at radius 2 is 2.06 bits per heavy atom. The third-order valence-electron chi connectivity index (χ3n) is 2.63. The summed E-state index contributed by atoms with van der Waals surface area (Å²) in [6.45, 7) is 0.509. The Balaban J connectivity index is 2.10. The van der Waals surface area contributed by atoms with Crippen LogP contribution in [0.4, 0.5) is 15.8 Å². The van der Waals surface area contributed by atoms with Gasteiger partial charge in [-0.25, -0.2) is 4.39 Å². The summed E-state index contributed by atoms with van der Waals surface area (Å²) in [6.07, 6.45) is 0. The first-order valence-corrected chi connectivity index (χ1v) is 5.61. The fraction of sp³-hybridized carbons (Fsp3) is 0.143. The molecular weight excluding hydrogens is 231 g/mol. The lowest BCUT2D eigenvalue weighted by Crippen LogP contribution is -2.03. The molecule has 0 aliphatic carbocycles. The molecule has 0 bridgehead atoms. The van der Waals surface area contributed by atoms with E-state index in [2.05, 4.69) is 5.32 Å². The number of rotatable bonds is 4. The summed E-state index contributed by atoms with van der Waals surface area (Å²) in [4.78, 5) is 0. The molecule has 0 amide bonds. The van der Waals surface area contributed by atoms with E-state index in [-0.39, 0.29) is 5.82 Å². The number of nitrogens with two attached hydrogens (primary N) is 1. The lowest BCUT2D eigenvalue weighted by Gasteiger charge is -2.11. The largest absolute Gasteiger partial charge is 0.497 e. The van der Waals surface area contributed by atoms with Crippen LogP contribution >= 0.6 is 0 Å². The lowest BCUT2D eigenvalue weighted by molar-refractivity contribution is 0.415. The molecule has 0 aromatic heterocycles. The summed E-state index contributed by atoms with van der Waals surface area (Å²) >= 11 is 0. The average molecular weight is 246 g/mol. The van der Waals surface area contributed by atoms with E-state index in [1.807, 2.05) is 12.1 Å². The number of nitrogens with one attached hydrogen (secondary N) is 1. The number of hydrogen-bond acceptors (Lipinski definition) is 3. The molecule has 0 unspecified atom stereocenters. The Kier molecular flexibility index (Phi) is 3.67. The Morgan fingerprint density at radius 3 is 2.78 bits per heavy atom. The van der Waals surface area contributed by atoms with Gasteiger partial charge in [0.25, 0.3) is 0 Å². The number of anilines is 2. The first-order valence-electron chi connectivity index (χ1n) is 5.61. The van der Waals surface area contributed by atoms with Gasteiger partial charge in [-0.05, 0) is 29.8 Å². The van der Waals surface area contributed by atoms with Gasteiger partial charge in [0.2, 0.25) is 0 Å². The van der Waals surface area contributed by atoms with Crippen LogP contribution in [-0.4, -0.2) is 7.11 Å². The first-order chi connectivity index (χ1) is 8.69. The minimum Gasteiger partial charge on any atom is -0.497 e. The topological polar surface area (TPSA) is 47.3 Å². The molecule has 3 nitrogen and oxygen atoms in total. The van der Waals surface area contributed by atoms with Gasteiger partial charge in [-0.2, -0.15) is 0 Å². The maximum absolute atomic E-state index is 13.0. The van der Waals surface area contributed by atoms with Crippen molar-refractivity contribution in [2.24, 2.45) is 0 Å². The number of halogens is 1. The van der Waals surface area contributed by atoms with Gasteiger partial charge in [-0.3, -0.25) is 0 Å². The highest BCUT2D eigenvalue weighted by molar-refractivity contribution is 5.68. The second-order valence-corrected chi connectivity index (χ2v) is 3.94. The Bertz CT molecular complexity index is 543. The van der Waals surface area contributed by atoms with E-state index < -0.39 is 0 Å². The first kappa shape index (κ1) is 12.2. The van der Waals surface area contributed by atoms with Crippen LogP contribution in [0.2, 0.25) is 0 Å². The van der Waals surface area contributed by atoms with Crippen LogP contribution in [0.25, 0.3) is 0 Å². The fourth-order valence-electron chi connectivity index (χ4n) is 1.66. The molecule has 0 radical (unpaired) electrons. The van der Waals surface area contributed by atoms with Crippen LogP contribution in [0.5, 0.6) is 5.75 Å². The molecule has 3 N–H and O–H groups in total. The molecule has 94 valence electrons. The zero-order valence-corrected chi connectivity index (χ0v) is 10.1. The molecule has 4 heteroatoms. The summed E-state index contributed by atoms with van der Waals surface area (Å²) in [7, 11) is 1.60. The summed E-state index contributed by atoms with van der Waals surface area (Å²) in [5.41, 5.74) is 8.11. The molecule has 0 fully saturated rings. The van der Waals surface area contributed by atoms with Gasteiger partial charge in [-0.15, -0.1) is 0 Å². The van der Waals surface area contributed by atoms with Crippen molar-refractivity contribution in [3.63, 3.8) is 0 Å². The predicted octanol–water partition coefficient (Wildman–Crippen LogP) is 3.03. The standard InChI is InChI=1S/C14H15FN2O/c1-18-12-5-6-13(16)14(8-12)17-9-10-3-2-4-11(15)7-10/h2-8,17H,9,16H2,1H3. The van der Waals surface area contributed by atoms with Crippen LogP contribution < -0.4 is 15.8 Å². The average Bonchev–Trinajstić information content (AvgIpc) is 2.38. The maximum Gasteiger partial charge on any atom is 0.123 e. The normalized spacial score (nSPS) is 10.1. The summed E-state index contributed by atoms with van der Waals surface area (Å²) in [6, 6.07) is 11.8. The summed E-state index contributed by atoms with van der Waals surface area (Å²) in [5, 5.41) is 3.16. The molecule has 0 aliphatic rings. The molecule has 0 spiro atoms. The lowest BCUT2D eigenvalue weighted by atomic mass is 10.2.